The molecule has 2 atom stereocenters. The number of rotatable bonds is 7. The molecule has 116 valence electrons. The number of imidazole rings is 1. The number of hydrogen-bond acceptors (Lipinski definition) is 2. The number of hydrogen-bond donors (Lipinski definition) is 0. The van der Waals surface area contributed by atoms with Crippen LogP contribution in [0.4, 0.5) is 0 Å². The Bertz CT molecular complexity index is 589. The summed E-state index contributed by atoms with van der Waals surface area (Å²) < 4.78 is 2.30. The topological polar surface area (TPSA) is 30.7 Å². The van der Waals surface area contributed by atoms with E-state index in [-0.39, 0.29) is 5.38 Å². The van der Waals surface area contributed by atoms with Gasteiger partial charge in [-0.3, -0.25) is 0 Å². The van der Waals surface area contributed by atoms with Crippen LogP contribution in [0.3, 0.4) is 0 Å². The van der Waals surface area contributed by atoms with Gasteiger partial charge in [-0.05, 0) is 38.8 Å². The molecule has 3 nitrogen and oxygen atoms in total. The van der Waals surface area contributed by atoms with Gasteiger partial charge in [0, 0.05) is 11.7 Å². The van der Waals surface area contributed by atoms with Crippen LogP contribution in [0.15, 0.2) is 12.1 Å². The number of halogens is 1. The third-order valence-corrected chi connectivity index (χ3v) is 4.13. The van der Waals surface area contributed by atoms with Crippen LogP contribution in [-0.2, 0) is 0 Å². The molecule has 0 aliphatic rings. The highest BCUT2D eigenvalue weighted by Gasteiger charge is 2.22. The Labute approximate surface area is 132 Å². The van der Waals surface area contributed by atoms with E-state index < -0.39 is 0 Å². The van der Waals surface area contributed by atoms with Gasteiger partial charge in [0.15, 0.2) is 5.65 Å². The van der Waals surface area contributed by atoms with Crippen molar-refractivity contribution in [2.75, 3.05) is 0 Å². The lowest BCUT2D eigenvalue weighted by molar-refractivity contribution is 0.412. The second kappa shape index (κ2) is 7.26. The van der Waals surface area contributed by atoms with Crippen LogP contribution in [0.5, 0.6) is 0 Å². The highest BCUT2D eigenvalue weighted by molar-refractivity contribution is 6.20. The summed E-state index contributed by atoms with van der Waals surface area (Å²) in [6.45, 7) is 8.50. The van der Waals surface area contributed by atoms with E-state index in [1.807, 2.05) is 19.9 Å². The first kappa shape index (κ1) is 16.3. The number of aryl methyl sites for hydroxylation is 1. The molecular weight excluding hydrogens is 282 g/mol. The average molecular weight is 308 g/mol. The smallest absolute Gasteiger partial charge is 0.160 e. The zero-order valence-electron chi connectivity index (χ0n) is 13.6. The van der Waals surface area contributed by atoms with Crippen LogP contribution >= 0.6 is 11.6 Å². The van der Waals surface area contributed by atoms with Gasteiger partial charge in [-0.1, -0.05) is 33.1 Å². The van der Waals surface area contributed by atoms with E-state index in [1.165, 1.54) is 19.3 Å². The van der Waals surface area contributed by atoms with E-state index in [0.29, 0.717) is 6.04 Å². The maximum absolute atomic E-state index is 6.39. The summed E-state index contributed by atoms with van der Waals surface area (Å²) >= 11 is 6.39. The highest BCUT2D eigenvalue weighted by atomic mass is 35.5. The Morgan fingerprint density at radius 2 is 1.90 bits per heavy atom. The number of fused-ring (bicyclic) bond motifs is 1. The van der Waals surface area contributed by atoms with Crippen molar-refractivity contribution in [2.24, 2.45) is 0 Å². The van der Waals surface area contributed by atoms with Crippen molar-refractivity contribution in [3.05, 3.63) is 23.7 Å². The fourth-order valence-electron chi connectivity index (χ4n) is 2.90. The normalized spacial score (nSPS) is 14.5. The average Bonchev–Trinajstić information content (AvgIpc) is 2.82. The van der Waals surface area contributed by atoms with E-state index in [4.69, 9.17) is 21.6 Å². The summed E-state index contributed by atoms with van der Waals surface area (Å²) in [7, 11) is 0. The molecule has 0 aliphatic carbocycles. The van der Waals surface area contributed by atoms with E-state index in [0.717, 1.165) is 35.5 Å². The van der Waals surface area contributed by atoms with E-state index in [9.17, 15) is 0 Å². The van der Waals surface area contributed by atoms with E-state index in [2.05, 4.69) is 24.5 Å². The minimum absolute atomic E-state index is 0.0968. The van der Waals surface area contributed by atoms with Gasteiger partial charge >= 0.3 is 0 Å². The molecule has 0 bridgehead atoms. The summed E-state index contributed by atoms with van der Waals surface area (Å²) in [4.78, 5) is 9.46. The molecule has 2 heterocycles. The van der Waals surface area contributed by atoms with E-state index in [1.54, 1.807) is 0 Å². The predicted molar refractivity (Wildman–Crippen MR) is 90.0 cm³/mol. The molecule has 0 saturated heterocycles. The number of pyridine rings is 1. The van der Waals surface area contributed by atoms with Crippen molar-refractivity contribution in [2.45, 2.75) is 71.2 Å². The molecule has 0 amide bonds. The molecule has 2 unspecified atom stereocenters. The molecule has 4 heteroatoms. The molecule has 0 saturated carbocycles. The van der Waals surface area contributed by atoms with Crippen LogP contribution in [-0.4, -0.2) is 14.5 Å². The largest absolute Gasteiger partial charge is 0.308 e. The van der Waals surface area contributed by atoms with Crippen molar-refractivity contribution in [3.63, 3.8) is 0 Å². The lowest BCUT2D eigenvalue weighted by Gasteiger charge is -2.21. The number of nitrogens with zero attached hydrogens (tertiary/aromatic N) is 3. The SMILES string of the molecule is CCCCC(CCC)n1c(C(C)Cl)nc2ccc(C)nc21. The van der Waals surface area contributed by atoms with Crippen LogP contribution in [0.1, 0.15) is 75.8 Å². The molecule has 0 fully saturated rings. The van der Waals surface area contributed by atoms with Crippen molar-refractivity contribution in [1.29, 1.82) is 0 Å². The van der Waals surface area contributed by atoms with Crippen molar-refractivity contribution in [3.8, 4) is 0 Å². The lowest BCUT2D eigenvalue weighted by Crippen LogP contribution is -2.14. The van der Waals surface area contributed by atoms with Gasteiger partial charge in [-0.15, -0.1) is 11.6 Å². The Morgan fingerprint density at radius 1 is 1.14 bits per heavy atom. The first-order chi connectivity index (χ1) is 10.1. The molecule has 21 heavy (non-hydrogen) atoms. The Balaban J connectivity index is 2.55. The molecule has 2 aromatic heterocycles. The third kappa shape index (κ3) is 3.57. The molecule has 0 aliphatic heterocycles. The minimum Gasteiger partial charge on any atom is -0.308 e. The van der Waals surface area contributed by atoms with E-state index >= 15 is 0 Å². The van der Waals surface area contributed by atoms with Crippen LogP contribution < -0.4 is 0 Å². The summed E-state index contributed by atoms with van der Waals surface area (Å²) in [6.07, 6.45) is 5.92. The summed E-state index contributed by atoms with van der Waals surface area (Å²) in [6, 6.07) is 4.52. The second-order valence-corrected chi connectivity index (χ2v) is 6.49. The predicted octanol–water partition coefficient (Wildman–Crippen LogP) is 5.57. The minimum atomic E-state index is -0.0968. The molecule has 2 aromatic rings. The molecule has 2 rings (SSSR count). The van der Waals surface area contributed by atoms with Gasteiger partial charge in [-0.2, -0.15) is 0 Å². The third-order valence-electron chi connectivity index (χ3n) is 3.94. The molecule has 0 radical (unpaired) electrons. The maximum atomic E-state index is 6.39. The fraction of sp³-hybridized carbons (Fsp3) is 0.647. The molecule has 0 N–H and O–H groups in total. The summed E-state index contributed by atoms with van der Waals surface area (Å²) in [5.41, 5.74) is 2.98. The van der Waals surface area contributed by atoms with Gasteiger partial charge in [-0.25, -0.2) is 9.97 Å². The van der Waals surface area contributed by atoms with Gasteiger partial charge in [0.1, 0.15) is 11.3 Å². The van der Waals surface area contributed by atoms with Crippen molar-refractivity contribution < 1.29 is 0 Å². The number of aromatic nitrogens is 3. The zero-order chi connectivity index (χ0) is 15.4. The second-order valence-electron chi connectivity index (χ2n) is 5.84. The van der Waals surface area contributed by atoms with Crippen LogP contribution in [0, 0.1) is 6.92 Å². The van der Waals surface area contributed by atoms with Gasteiger partial charge in [0.05, 0.1) is 5.38 Å². The van der Waals surface area contributed by atoms with Crippen LogP contribution in [0.25, 0.3) is 11.2 Å². The van der Waals surface area contributed by atoms with Crippen molar-refractivity contribution in [1.82, 2.24) is 14.5 Å². The number of alkyl halides is 1. The quantitative estimate of drug-likeness (QED) is 0.626. The first-order valence-corrected chi connectivity index (χ1v) is 8.51. The monoisotopic (exact) mass is 307 g/mol. The number of unbranched alkanes of at least 4 members (excludes halogenated alkanes) is 1. The fourth-order valence-corrected chi connectivity index (χ4v) is 3.06. The molecular formula is C17H26ClN3. The lowest BCUT2D eigenvalue weighted by atomic mass is 10.0. The maximum Gasteiger partial charge on any atom is 0.160 e. The summed E-state index contributed by atoms with van der Waals surface area (Å²) in [5.74, 6) is 0.958. The Hall–Kier alpha value is -1.09. The Kier molecular flexibility index (Phi) is 5.63. The molecule has 0 spiro atoms. The summed E-state index contributed by atoms with van der Waals surface area (Å²) in [5, 5.41) is -0.0968. The van der Waals surface area contributed by atoms with Gasteiger partial charge < -0.3 is 4.57 Å². The standard InChI is InChI=1S/C17H26ClN3/c1-5-7-9-14(8-6-2)21-16(13(4)18)20-15-11-10-12(3)19-17(15)21/h10-11,13-14H,5-9H2,1-4H3. The zero-order valence-corrected chi connectivity index (χ0v) is 14.3. The molecule has 0 aromatic carbocycles. The van der Waals surface area contributed by atoms with Gasteiger partial charge in [0.25, 0.3) is 0 Å². The van der Waals surface area contributed by atoms with Gasteiger partial charge in [0.2, 0.25) is 0 Å². The Morgan fingerprint density at radius 3 is 2.52 bits per heavy atom. The van der Waals surface area contributed by atoms with Crippen molar-refractivity contribution >= 4 is 22.8 Å². The highest BCUT2D eigenvalue weighted by Crippen LogP contribution is 2.31. The first-order valence-electron chi connectivity index (χ1n) is 8.08. The van der Waals surface area contributed by atoms with Crippen LogP contribution in [0.2, 0.25) is 0 Å².